The van der Waals surface area contributed by atoms with E-state index >= 15 is 0 Å². The number of hydrogen-bond donors (Lipinski definition) is 0. The number of hydrogen-bond acceptors (Lipinski definition) is 3. The first-order valence-corrected chi connectivity index (χ1v) is 6.69. The van der Waals surface area contributed by atoms with Crippen LogP contribution in [0.2, 0.25) is 0 Å². The van der Waals surface area contributed by atoms with Crippen LogP contribution in [0.3, 0.4) is 0 Å². The second-order valence-electron chi connectivity index (χ2n) is 4.52. The number of thiophene rings is 1. The molecule has 0 aliphatic carbocycles. The monoisotopic (exact) mass is 260 g/mol. The fourth-order valence-corrected chi connectivity index (χ4v) is 2.83. The van der Waals surface area contributed by atoms with Gasteiger partial charge < -0.3 is 9.53 Å². The number of ether oxygens (including phenoxy) is 1. The topological polar surface area (TPSA) is 26.3 Å². The van der Waals surface area contributed by atoms with Crippen LogP contribution in [-0.2, 0) is 16.6 Å². The van der Waals surface area contributed by atoms with Crippen LogP contribution >= 0.6 is 11.3 Å². The average molecular weight is 260 g/mol. The molecule has 0 aliphatic heterocycles. The Labute approximate surface area is 111 Å². The molecule has 0 radical (unpaired) electrons. The molecule has 1 heterocycles. The highest BCUT2D eigenvalue weighted by Crippen LogP contribution is 2.29. The molecule has 94 valence electrons. The lowest BCUT2D eigenvalue weighted by Crippen LogP contribution is -2.26. The van der Waals surface area contributed by atoms with E-state index in [0.717, 1.165) is 24.0 Å². The maximum Gasteiger partial charge on any atom is 0.130 e. The lowest BCUT2D eigenvalue weighted by Gasteiger charge is -2.23. The molecule has 0 fully saturated rings. The van der Waals surface area contributed by atoms with Crippen LogP contribution in [-0.4, -0.2) is 13.4 Å². The van der Waals surface area contributed by atoms with Gasteiger partial charge in [-0.2, -0.15) is 0 Å². The molecule has 1 aromatic heterocycles. The molecule has 0 spiro atoms. The predicted molar refractivity (Wildman–Crippen MR) is 74.4 cm³/mol. The molecule has 2 nitrogen and oxygen atoms in total. The first-order valence-electron chi connectivity index (χ1n) is 5.81. The Balaban J connectivity index is 2.27. The van der Waals surface area contributed by atoms with Crippen molar-refractivity contribution in [1.29, 1.82) is 0 Å². The molecule has 0 amide bonds. The van der Waals surface area contributed by atoms with Crippen LogP contribution in [0.4, 0.5) is 0 Å². The molecule has 1 aromatic carbocycles. The van der Waals surface area contributed by atoms with Crippen molar-refractivity contribution in [3.8, 4) is 5.75 Å². The van der Waals surface area contributed by atoms with Crippen molar-refractivity contribution in [1.82, 2.24) is 0 Å². The van der Waals surface area contributed by atoms with Crippen molar-refractivity contribution in [3.63, 3.8) is 0 Å². The van der Waals surface area contributed by atoms with Gasteiger partial charge in [0.2, 0.25) is 0 Å². The van der Waals surface area contributed by atoms with Crippen LogP contribution < -0.4 is 4.74 Å². The predicted octanol–water partition coefficient (Wildman–Crippen LogP) is 3.46. The molecule has 0 saturated carbocycles. The number of rotatable bonds is 5. The van der Waals surface area contributed by atoms with Crippen molar-refractivity contribution < 1.29 is 9.53 Å². The van der Waals surface area contributed by atoms with E-state index in [1.807, 2.05) is 42.6 Å². The number of benzene rings is 1. The summed E-state index contributed by atoms with van der Waals surface area (Å²) in [4.78, 5) is 12.7. The minimum absolute atomic E-state index is 0.475. The van der Waals surface area contributed by atoms with E-state index in [-0.39, 0.29) is 0 Å². The third kappa shape index (κ3) is 2.62. The molecule has 1 atom stereocenters. The second-order valence-corrected chi connectivity index (χ2v) is 5.55. The average Bonchev–Trinajstić information content (AvgIpc) is 2.91. The van der Waals surface area contributed by atoms with E-state index in [4.69, 9.17) is 4.74 Å². The van der Waals surface area contributed by atoms with Gasteiger partial charge in [0.25, 0.3) is 0 Å². The minimum atomic E-state index is -0.475. The van der Waals surface area contributed by atoms with Crippen molar-refractivity contribution in [3.05, 3.63) is 52.2 Å². The molecule has 18 heavy (non-hydrogen) atoms. The van der Waals surface area contributed by atoms with Crippen molar-refractivity contribution in [2.45, 2.75) is 18.8 Å². The summed E-state index contributed by atoms with van der Waals surface area (Å²) in [6.45, 7) is 1.97. The molecule has 1 unspecified atom stereocenters. The SMILES string of the molecule is COc1ccc(C(C)(C=O)Cc2cccs2)cc1. The molecule has 0 bridgehead atoms. The van der Waals surface area contributed by atoms with E-state index < -0.39 is 5.41 Å². The quantitative estimate of drug-likeness (QED) is 0.770. The van der Waals surface area contributed by atoms with Gasteiger partial charge in [0.1, 0.15) is 12.0 Å². The van der Waals surface area contributed by atoms with Gasteiger partial charge in [-0.3, -0.25) is 0 Å². The highest BCUT2D eigenvalue weighted by molar-refractivity contribution is 7.09. The summed E-state index contributed by atoms with van der Waals surface area (Å²) in [6, 6.07) is 11.8. The van der Waals surface area contributed by atoms with Gasteiger partial charge in [-0.1, -0.05) is 18.2 Å². The van der Waals surface area contributed by atoms with Gasteiger partial charge in [-0.15, -0.1) is 11.3 Å². The third-order valence-electron chi connectivity index (χ3n) is 3.13. The van der Waals surface area contributed by atoms with E-state index in [2.05, 4.69) is 6.07 Å². The molecular formula is C15H16O2S. The summed E-state index contributed by atoms with van der Waals surface area (Å²) in [5.41, 5.74) is 0.545. The van der Waals surface area contributed by atoms with Crippen LogP contribution in [0.1, 0.15) is 17.4 Å². The smallest absolute Gasteiger partial charge is 0.130 e. The van der Waals surface area contributed by atoms with E-state index in [0.29, 0.717) is 0 Å². The summed E-state index contributed by atoms with van der Waals surface area (Å²) in [6.07, 6.45) is 1.77. The third-order valence-corrected chi connectivity index (χ3v) is 4.01. The Kier molecular flexibility index (Phi) is 3.82. The van der Waals surface area contributed by atoms with Crippen LogP contribution in [0.15, 0.2) is 41.8 Å². The fourth-order valence-electron chi connectivity index (χ4n) is 1.96. The fraction of sp³-hybridized carbons (Fsp3) is 0.267. The number of carbonyl (C=O) groups excluding carboxylic acids is 1. The summed E-state index contributed by atoms with van der Waals surface area (Å²) >= 11 is 1.68. The number of methoxy groups -OCH3 is 1. The standard InChI is InChI=1S/C15H16O2S/c1-15(11-16,10-14-4-3-9-18-14)12-5-7-13(17-2)8-6-12/h3-9,11H,10H2,1-2H3. The Morgan fingerprint density at radius 2 is 2.00 bits per heavy atom. The Bertz CT molecular complexity index is 502. The Morgan fingerprint density at radius 1 is 1.28 bits per heavy atom. The molecule has 0 saturated heterocycles. The summed E-state index contributed by atoms with van der Waals surface area (Å²) in [5.74, 6) is 0.808. The Hall–Kier alpha value is -1.61. The van der Waals surface area contributed by atoms with Crippen LogP contribution in [0.25, 0.3) is 0 Å². The summed E-state index contributed by atoms with van der Waals surface area (Å²) in [5, 5.41) is 2.04. The lowest BCUT2D eigenvalue weighted by atomic mass is 9.80. The van der Waals surface area contributed by atoms with Gasteiger partial charge in [0, 0.05) is 4.88 Å². The molecule has 0 N–H and O–H groups in total. The maximum atomic E-state index is 11.5. The maximum absolute atomic E-state index is 11.5. The van der Waals surface area contributed by atoms with E-state index in [9.17, 15) is 4.79 Å². The van der Waals surface area contributed by atoms with Crippen molar-refractivity contribution in [2.75, 3.05) is 7.11 Å². The van der Waals surface area contributed by atoms with Gasteiger partial charge >= 0.3 is 0 Å². The van der Waals surface area contributed by atoms with Gasteiger partial charge in [0.05, 0.1) is 12.5 Å². The highest BCUT2D eigenvalue weighted by atomic mass is 32.1. The van der Waals surface area contributed by atoms with Crippen LogP contribution in [0, 0.1) is 0 Å². The van der Waals surface area contributed by atoms with Crippen molar-refractivity contribution >= 4 is 17.6 Å². The second kappa shape index (κ2) is 5.36. The number of carbonyl (C=O) groups is 1. The molecule has 0 aliphatic rings. The molecule has 2 aromatic rings. The normalized spacial score (nSPS) is 13.9. The zero-order valence-corrected chi connectivity index (χ0v) is 11.4. The summed E-state index contributed by atoms with van der Waals surface area (Å²) in [7, 11) is 1.64. The zero-order valence-electron chi connectivity index (χ0n) is 10.6. The zero-order chi connectivity index (χ0) is 13.0. The summed E-state index contributed by atoms with van der Waals surface area (Å²) < 4.78 is 5.14. The molecule has 3 heteroatoms. The lowest BCUT2D eigenvalue weighted by molar-refractivity contribution is -0.112. The minimum Gasteiger partial charge on any atom is -0.497 e. The van der Waals surface area contributed by atoms with Crippen LogP contribution in [0.5, 0.6) is 5.75 Å². The number of aldehydes is 1. The van der Waals surface area contributed by atoms with E-state index in [1.54, 1.807) is 18.4 Å². The largest absolute Gasteiger partial charge is 0.497 e. The Morgan fingerprint density at radius 3 is 2.50 bits per heavy atom. The van der Waals surface area contributed by atoms with Gasteiger partial charge in [0.15, 0.2) is 0 Å². The first-order chi connectivity index (χ1) is 8.68. The van der Waals surface area contributed by atoms with Gasteiger partial charge in [-0.05, 0) is 42.5 Å². The van der Waals surface area contributed by atoms with Gasteiger partial charge in [-0.25, -0.2) is 0 Å². The highest BCUT2D eigenvalue weighted by Gasteiger charge is 2.26. The molecule has 2 rings (SSSR count). The van der Waals surface area contributed by atoms with Crippen molar-refractivity contribution in [2.24, 2.45) is 0 Å². The molecular weight excluding hydrogens is 244 g/mol. The first kappa shape index (κ1) is 12.8. The van der Waals surface area contributed by atoms with E-state index in [1.165, 1.54) is 4.88 Å².